The molecule has 0 aliphatic carbocycles. The topological polar surface area (TPSA) is 77.2 Å². The van der Waals surface area contributed by atoms with Crippen molar-refractivity contribution in [3.63, 3.8) is 0 Å². The number of nitrogens with two attached hydrogens (primary N) is 1. The number of carbonyl (C=O) groups is 1. The summed E-state index contributed by atoms with van der Waals surface area (Å²) in [6.07, 6.45) is 1.90. The number of hydrogen-bond donors (Lipinski definition) is 2. The summed E-state index contributed by atoms with van der Waals surface area (Å²) < 4.78 is 5.41. The largest absolute Gasteiger partial charge is 0.469 e. The molecule has 0 spiro atoms. The molecule has 6 heteroatoms. The number of hydrogen-bond acceptors (Lipinski definition) is 5. The molecule has 1 aromatic rings. The van der Waals surface area contributed by atoms with Crippen LogP contribution in [-0.4, -0.2) is 24.1 Å². The molecule has 88 valence electrons. The first kappa shape index (κ1) is 12.8. The number of esters is 1. The van der Waals surface area contributed by atoms with Gasteiger partial charge in [0.2, 0.25) is 0 Å². The molecule has 1 rings (SSSR count). The van der Waals surface area contributed by atoms with Crippen LogP contribution in [0.3, 0.4) is 0 Å². The van der Waals surface area contributed by atoms with Crippen molar-refractivity contribution in [3.8, 4) is 0 Å². The third-order valence-corrected chi connectivity index (χ3v) is 2.42. The number of rotatable bonds is 4. The lowest BCUT2D eigenvalue weighted by molar-refractivity contribution is -0.140. The van der Waals surface area contributed by atoms with E-state index in [1.54, 1.807) is 6.20 Å². The van der Waals surface area contributed by atoms with Crippen LogP contribution in [0.4, 0.5) is 11.5 Å². The van der Waals surface area contributed by atoms with Crippen LogP contribution in [0.5, 0.6) is 0 Å². The second kappa shape index (κ2) is 5.69. The van der Waals surface area contributed by atoms with E-state index < -0.39 is 0 Å². The molecule has 3 N–H and O–H groups in total. The first-order valence-electron chi connectivity index (χ1n) is 4.77. The highest BCUT2D eigenvalue weighted by molar-refractivity contribution is 9.10. The first-order chi connectivity index (χ1) is 7.52. The molecule has 0 saturated heterocycles. The molecule has 0 saturated carbocycles. The Morgan fingerprint density at radius 3 is 3.06 bits per heavy atom. The van der Waals surface area contributed by atoms with Crippen molar-refractivity contribution in [2.24, 2.45) is 0 Å². The van der Waals surface area contributed by atoms with E-state index in [-0.39, 0.29) is 18.4 Å². The molecule has 0 bridgehead atoms. The number of ether oxygens (including phenoxy) is 1. The van der Waals surface area contributed by atoms with Crippen LogP contribution in [0.25, 0.3) is 0 Å². The van der Waals surface area contributed by atoms with Crippen LogP contribution in [-0.2, 0) is 9.53 Å². The zero-order chi connectivity index (χ0) is 12.1. The number of methoxy groups -OCH3 is 1. The lowest BCUT2D eigenvalue weighted by atomic mass is 10.2. The number of nitrogens with one attached hydrogen (secondary N) is 1. The molecule has 0 aliphatic rings. The Morgan fingerprint density at radius 1 is 1.75 bits per heavy atom. The second-order valence-electron chi connectivity index (χ2n) is 3.41. The normalized spacial score (nSPS) is 11.9. The molecule has 16 heavy (non-hydrogen) atoms. The smallest absolute Gasteiger partial charge is 0.307 e. The number of nitrogens with zero attached hydrogens (tertiary/aromatic N) is 1. The van der Waals surface area contributed by atoms with Crippen molar-refractivity contribution in [2.45, 2.75) is 19.4 Å². The standard InChI is InChI=1S/C10H14BrN3O2/c1-6(3-9(15)16-2)14-8-4-7(11)5-13-10(8)12/h4-6,14H,3H2,1-2H3,(H2,12,13)/t6-/m1/s1. The van der Waals surface area contributed by atoms with E-state index in [9.17, 15) is 4.79 Å². The fourth-order valence-corrected chi connectivity index (χ4v) is 1.55. The Balaban J connectivity index is 2.65. The number of nitrogen functional groups attached to an aromatic ring is 1. The Bertz CT molecular complexity index is 384. The van der Waals surface area contributed by atoms with E-state index in [1.165, 1.54) is 7.11 Å². The molecule has 5 nitrogen and oxygen atoms in total. The number of carbonyl (C=O) groups excluding carboxylic acids is 1. The lowest BCUT2D eigenvalue weighted by Gasteiger charge is -2.15. The zero-order valence-electron chi connectivity index (χ0n) is 9.16. The summed E-state index contributed by atoms with van der Waals surface area (Å²) in [5.74, 6) is 0.140. The van der Waals surface area contributed by atoms with E-state index >= 15 is 0 Å². The van der Waals surface area contributed by atoms with Crippen molar-refractivity contribution in [2.75, 3.05) is 18.2 Å². The summed E-state index contributed by atoms with van der Waals surface area (Å²) in [6.45, 7) is 1.87. The van der Waals surface area contributed by atoms with E-state index in [4.69, 9.17) is 5.73 Å². The minimum Gasteiger partial charge on any atom is -0.469 e. The van der Waals surface area contributed by atoms with Crippen LogP contribution >= 0.6 is 15.9 Å². The van der Waals surface area contributed by atoms with E-state index in [0.717, 1.165) is 4.47 Å². The van der Waals surface area contributed by atoms with E-state index in [2.05, 4.69) is 31.0 Å². The summed E-state index contributed by atoms with van der Waals surface area (Å²) in [4.78, 5) is 15.0. The van der Waals surface area contributed by atoms with Gasteiger partial charge in [-0.1, -0.05) is 0 Å². The molecule has 0 fully saturated rings. The minimum absolute atomic E-state index is 0.0640. The summed E-state index contributed by atoms with van der Waals surface area (Å²) in [5.41, 5.74) is 6.39. The first-order valence-corrected chi connectivity index (χ1v) is 5.56. The molecule has 0 amide bonds. The molecule has 1 heterocycles. The average molecular weight is 288 g/mol. The molecule has 0 unspecified atom stereocenters. The van der Waals surface area contributed by atoms with Crippen molar-refractivity contribution in [3.05, 3.63) is 16.7 Å². The predicted octanol–water partition coefficient (Wildman–Crippen LogP) is 1.79. The van der Waals surface area contributed by atoms with Gasteiger partial charge in [-0.3, -0.25) is 4.79 Å². The van der Waals surface area contributed by atoms with Crippen LogP contribution in [0.15, 0.2) is 16.7 Å². The Labute approximate surface area is 103 Å². The maximum Gasteiger partial charge on any atom is 0.307 e. The fraction of sp³-hybridized carbons (Fsp3) is 0.400. The van der Waals surface area contributed by atoms with Crippen LogP contribution in [0.2, 0.25) is 0 Å². The van der Waals surface area contributed by atoms with Gasteiger partial charge in [0.05, 0.1) is 19.2 Å². The number of halogens is 1. The third kappa shape index (κ3) is 3.69. The zero-order valence-corrected chi connectivity index (χ0v) is 10.7. The minimum atomic E-state index is -0.262. The van der Waals surface area contributed by atoms with Crippen molar-refractivity contribution >= 4 is 33.4 Å². The van der Waals surface area contributed by atoms with Gasteiger partial charge in [0.1, 0.15) is 5.82 Å². The Morgan fingerprint density at radius 2 is 2.44 bits per heavy atom. The monoisotopic (exact) mass is 287 g/mol. The van der Waals surface area contributed by atoms with Crippen LogP contribution in [0, 0.1) is 0 Å². The van der Waals surface area contributed by atoms with E-state index in [0.29, 0.717) is 11.5 Å². The van der Waals surface area contributed by atoms with Gasteiger partial charge in [-0.2, -0.15) is 0 Å². The molecule has 1 aromatic heterocycles. The summed E-state index contributed by atoms with van der Waals surface area (Å²) >= 11 is 3.30. The SMILES string of the molecule is COC(=O)C[C@@H](C)Nc1cc(Br)cnc1N. The average Bonchev–Trinajstić information content (AvgIpc) is 2.23. The van der Waals surface area contributed by atoms with Gasteiger partial charge < -0.3 is 15.8 Å². The lowest BCUT2D eigenvalue weighted by Crippen LogP contribution is -2.21. The van der Waals surface area contributed by atoms with Crippen LogP contribution in [0.1, 0.15) is 13.3 Å². The molecule has 0 radical (unpaired) electrons. The van der Waals surface area contributed by atoms with Crippen LogP contribution < -0.4 is 11.1 Å². The predicted molar refractivity (Wildman–Crippen MR) is 66.1 cm³/mol. The van der Waals surface area contributed by atoms with Gasteiger partial charge in [-0.25, -0.2) is 4.98 Å². The third-order valence-electron chi connectivity index (χ3n) is 1.99. The van der Waals surface area contributed by atoms with Crippen molar-refractivity contribution in [1.29, 1.82) is 0 Å². The van der Waals surface area contributed by atoms with Gasteiger partial charge in [0.25, 0.3) is 0 Å². The number of pyridine rings is 1. The summed E-state index contributed by atoms with van der Waals surface area (Å²) in [5, 5.41) is 3.10. The molecule has 1 atom stereocenters. The maximum atomic E-state index is 11.0. The van der Waals surface area contributed by atoms with Gasteiger partial charge in [-0.05, 0) is 28.9 Å². The van der Waals surface area contributed by atoms with E-state index in [1.807, 2.05) is 13.0 Å². The van der Waals surface area contributed by atoms with Crippen molar-refractivity contribution in [1.82, 2.24) is 4.98 Å². The molecular formula is C10H14BrN3O2. The Kier molecular flexibility index (Phi) is 4.54. The number of aromatic nitrogens is 1. The van der Waals surface area contributed by atoms with Crippen molar-refractivity contribution < 1.29 is 9.53 Å². The van der Waals surface area contributed by atoms with Gasteiger partial charge in [0.15, 0.2) is 0 Å². The quantitative estimate of drug-likeness (QED) is 0.826. The number of anilines is 2. The Hall–Kier alpha value is -1.30. The highest BCUT2D eigenvalue weighted by atomic mass is 79.9. The van der Waals surface area contributed by atoms with Gasteiger partial charge >= 0.3 is 5.97 Å². The molecular weight excluding hydrogens is 274 g/mol. The fourth-order valence-electron chi connectivity index (χ4n) is 1.22. The highest BCUT2D eigenvalue weighted by Crippen LogP contribution is 2.21. The summed E-state index contributed by atoms with van der Waals surface area (Å²) in [6, 6.07) is 1.75. The highest BCUT2D eigenvalue weighted by Gasteiger charge is 2.10. The van der Waals surface area contributed by atoms with Gasteiger partial charge in [-0.15, -0.1) is 0 Å². The second-order valence-corrected chi connectivity index (χ2v) is 4.33. The van der Waals surface area contributed by atoms with Gasteiger partial charge in [0, 0.05) is 16.7 Å². The maximum absolute atomic E-state index is 11.0. The molecule has 0 aliphatic heterocycles. The molecule has 0 aromatic carbocycles. The summed E-state index contributed by atoms with van der Waals surface area (Å²) in [7, 11) is 1.37.